The Hall–Kier alpha value is -0.500. The minimum absolute atomic E-state index is 0.0141. The third-order valence-electron chi connectivity index (χ3n) is 1.26. The smallest absolute Gasteiger partial charge is 0.117 e. The van der Waals surface area contributed by atoms with Gasteiger partial charge in [-0.05, 0) is 19.4 Å². The Morgan fingerprint density at radius 1 is 1.60 bits per heavy atom. The van der Waals surface area contributed by atoms with E-state index in [-0.39, 0.29) is 6.61 Å². The summed E-state index contributed by atoms with van der Waals surface area (Å²) in [4.78, 5) is 0. The molecule has 0 aliphatic carbocycles. The number of aliphatic hydroxyl groups excluding tert-OH is 1. The standard InChI is InChI=1S/C8H16O2/c1-3-5-6-10-8(4-2)7-9/h4,9H,3,5-7H2,1-2H3. The lowest BCUT2D eigenvalue weighted by molar-refractivity contribution is 0.157. The number of unbranched alkanes of at least 4 members (excludes halogenated alkanes) is 1. The van der Waals surface area contributed by atoms with E-state index in [2.05, 4.69) is 6.92 Å². The first kappa shape index (κ1) is 9.50. The van der Waals surface area contributed by atoms with E-state index in [1.807, 2.05) is 6.92 Å². The fraction of sp³-hybridized carbons (Fsp3) is 0.750. The van der Waals surface area contributed by atoms with Crippen molar-refractivity contribution >= 4 is 0 Å². The fourth-order valence-corrected chi connectivity index (χ4v) is 0.568. The van der Waals surface area contributed by atoms with Crippen molar-refractivity contribution in [1.82, 2.24) is 0 Å². The molecule has 0 unspecified atom stereocenters. The molecule has 0 aromatic heterocycles. The summed E-state index contributed by atoms with van der Waals surface area (Å²) >= 11 is 0. The Labute approximate surface area is 62.5 Å². The zero-order valence-corrected chi connectivity index (χ0v) is 6.76. The zero-order chi connectivity index (χ0) is 7.82. The van der Waals surface area contributed by atoms with Crippen molar-refractivity contribution in [2.45, 2.75) is 26.7 Å². The van der Waals surface area contributed by atoms with Gasteiger partial charge >= 0.3 is 0 Å². The summed E-state index contributed by atoms with van der Waals surface area (Å²) in [5, 5.41) is 8.63. The number of hydrogen-bond acceptors (Lipinski definition) is 2. The lowest BCUT2D eigenvalue weighted by Gasteiger charge is -2.05. The van der Waals surface area contributed by atoms with E-state index >= 15 is 0 Å². The Kier molecular flexibility index (Phi) is 6.29. The van der Waals surface area contributed by atoms with Crippen LogP contribution >= 0.6 is 0 Å². The zero-order valence-electron chi connectivity index (χ0n) is 6.76. The van der Waals surface area contributed by atoms with Gasteiger partial charge in [0.1, 0.15) is 12.4 Å². The van der Waals surface area contributed by atoms with Gasteiger partial charge < -0.3 is 9.84 Å². The second-order valence-corrected chi connectivity index (χ2v) is 2.12. The molecule has 2 heteroatoms. The predicted molar refractivity (Wildman–Crippen MR) is 41.7 cm³/mol. The molecule has 0 radical (unpaired) electrons. The molecule has 0 fully saturated rings. The summed E-state index contributed by atoms with van der Waals surface area (Å²) in [6, 6.07) is 0. The average Bonchev–Trinajstić information content (AvgIpc) is 1.99. The number of ether oxygens (including phenoxy) is 1. The lowest BCUT2D eigenvalue weighted by atomic mass is 10.4. The van der Waals surface area contributed by atoms with Crippen LogP contribution in [0.4, 0.5) is 0 Å². The maximum Gasteiger partial charge on any atom is 0.117 e. The largest absolute Gasteiger partial charge is 0.496 e. The quantitative estimate of drug-likeness (QED) is 0.470. The van der Waals surface area contributed by atoms with Gasteiger partial charge in [-0.15, -0.1) is 0 Å². The maximum absolute atomic E-state index is 8.63. The molecule has 0 aromatic rings. The van der Waals surface area contributed by atoms with Gasteiger partial charge in [0.15, 0.2) is 0 Å². The summed E-state index contributed by atoms with van der Waals surface area (Å²) in [6.07, 6.45) is 3.97. The van der Waals surface area contributed by atoms with Crippen LogP contribution in [0.15, 0.2) is 11.8 Å². The molecule has 2 nitrogen and oxygen atoms in total. The molecule has 0 heterocycles. The second kappa shape index (κ2) is 6.62. The van der Waals surface area contributed by atoms with Crippen molar-refractivity contribution in [2.75, 3.05) is 13.2 Å². The summed E-state index contributed by atoms with van der Waals surface area (Å²) in [5.74, 6) is 0.674. The van der Waals surface area contributed by atoms with Crippen molar-refractivity contribution in [3.8, 4) is 0 Å². The molecule has 0 saturated carbocycles. The normalized spacial score (nSPS) is 11.7. The van der Waals surface area contributed by atoms with Crippen LogP contribution in [0.1, 0.15) is 26.7 Å². The number of allylic oxidation sites excluding steroid dienone is 1. The third kappa shape index (κ3) is 4.39. The van der Waals surface area contributed by atoms with Crippen molar-refractivity contribution in [3.05, 3.63) is 11.8 Å². The summed E-state index contributed by atoms with van der Waals surface area (Å²) in [5.41, 5.74) is 0. The molecule has 0 aliphatic heterocycles. The van der Waals surface area contributed by atoms with Crippen molar-refractivity contribution in [2.24, 2.45) is 0 Å². The summed E-state index contributed by atoms with van der Waals surface area (Å²) in [6.45, 7) is 4.70. The van der Waals surface area contributed by atoms with Crippen molar-refractivity contribution in [3.63, 3.8) is 0 Å². The van der Waals surface area contributed by atoms with E-state index in [1.165, 1.54) is 0 Å². The van der Waals surface area contributed by atoms with E-state index in [0.29, 0.717) is 5.76 Å². The van der Waals surface area contributed by atoms with Gasteiger partial charge in [0.05, 0.1) is 6.61 Å². The SMILES string of the molecule is CC=C(CO)OCCCC. The molecule has 0 saturated heterocycles. The van der Waals surface area contributed by atoms with Crippen molar-refractivity contribution < 1.29 is 9.84 Å². The van der Waals surface area contributed by atoms with Crippen LogP contribution in [0, 0.1) is 0 Å². The van der Waals surface area contributed by atoms with Crippen LogP contribution in [-0.4, -0.2) is 18.3 Å². The molecule has 60 valence electrons. The molecule has 10 heavy (non-hydrogen) atoms. The van der Waals surface area contributed by atoms with E-state index < -0.39 is 0 Å². The highest BCUT2D eigenvalue weighted by Gasteiger charge is 1.91. The Bertz CT molecular complexity index is 97.4. The molecule has 0 aromatic carbocycles. The predicted octanol–water partition coefficient (Wildman–Crippen LogP) is 1.70. The second-order valence-electron chi connectivity index (χ2n) is 2.12. The Balaban J connectivity index is 3.27. The molecule has 0 bridgehead atoms. The number of hydrogen-bond donors (Lipinski definition) is 1. The molecule has 0 amide bonds. The fourth-order valence-electron chi connectivity index (χ4n) is 0.568. The Morgan fingerprint density at radius 3 is 2.70 bits per heavy atom. The highest BCUT2D eigenvalue weighted by molar-refractivity contribution is 4.89. The third-order valence-corrected chi connectivity index (χ3v) is 1.26. The maximum atomic E-state index is 8.63. The van der Waals surface area contributed by atoms with E-state index in [9.17, 15) is 0 Å². The van der Waals surface area contributed by atoms with E-state index in [1.54, 1.807) is 6.08 Å². The van der Waals surface area contributed by atoms with Crippen LogP contribution in [0.2, 0.25) is 0 Å². The van der Waals surface area contributed by atoms with Crippen molar-refractivity contribution in [1.29, 1.82) is 0 Å². The van der Waals surface area contributed by atoms with Crippen LogP contribution < -0.4 is 0 Å². The molecular weight excluding hydrogens is 128 g/mol. The molecule has 0 atom stereocenters. The first-order chi connectivity index (χ1) is 4.85. The van der Waals surface area contributed by atoms with Crippen LogP contribution in [-0.2, 0) is 4.74 Å². The van der Waals surface area contributed by atoms with Gasteiger partial charge in [0, 0.05) is 0 Å². The van der Waals surface area contributed by atoms with Gasteiger partial charge in [-0.2, -0.15) is 0 Å². The van der Waals surface area contributed by atoms with Crippen LogP contribution in [0.5, 0.6) is 0 Å². The first-order valence-electron chi connectivity index (χ1n) is 3.74. The topological polar surface area (TPSA) is 29.5 Å². The minimum Gasteiger partial charge on any atom is -0.496 e. The monoisotopic (exact) mass is 144 g/mol. The molecule has 0 aliphatic rings. The molecule has 1 N–H and O–H groups in total. The lowest BCUT2D eigenvalue weighted by Crippen LogP contribution is -1.98. The van der Waals surface area contributed by atoms with Gasteiger partial charge in [-0.25, -0.2) is 0 Å². The van der Waals surface area contributed by atoms with E-state index in [0.717, 1.165) is 19.4 Å². The number of aliphatic hydroxyl groups is 1. The molecule has 0 rings (SSSR count). The van der Waals surface area contributed by atoms with Gasteiger partial charge in [0.2, 0.25) is 0 Å². The molecular formula is C8H16O2. The highest BCUT2D eigenvalue weighted by Crippen LogP contribution is 1.97. The van der Waals surface area contributed by atoms with Crippen LogP contribution in [0.3, 0.4) is 0 Å². The van der Waals surface area contributed by atoms with Gasteiger partial charge in [0.25, 0.3) is 0 Å². The average molecular weight is 144 g/mol. The summed E-state index contributed by atoms with van der Waals surface area (Å²) < 4.78 is 5.19. The first-order valence-corrected chi connectivity index (χ1v) is 3.74. The van der Waals surface area contributed by atoms with Crippen LogP contribution in [0.25, 0.3) is 0 Å². The van der Waals surface area contributed by atoms with Gasteiger partial charge in [-0.1, -0.05) is 13.3 Å². The number of rotatable bonds is 5. The van der Waals surface area contributed by atoms with E-state index in [4.69, 9.17) is 9.84 Å². The molecule has 0 spiro atoms. The van der Waals surface area contributed by atoms with Gasteiger partial charge in [-0.3, -0.25) is 0 Å². The highest BCUT2D eigenvalue weighted by atomic mass is 16.5. The Morgan fingerprint density at radius 2 is 2.30 bits per heavy atom. The summed E-state index contributed by atoms with van der Waals surface area (Å²) in [7, 11) is 0. The minimum atomic E-state index is 0.0141.